The summed E-state index contributed by atoms with van der Waals surface area (Å²) >= 11 is 5.98. The molecule has 3 N–H and O–H groups in total. The lowest BCUT2D eigenvalue weighted by Gasteiger charge is -2.18. The number of aliphatic hydroxyl groups excluding tert-OH is 3. The Bertz CT molecular complexity index is 603. The number of fused-ring (bicyclic) bond motifs is 1. The summed E-state index contributed by atoms with van der Waals surface area (Å²) in [7, 11) is 0. The van der Waals surface area contributed by atoms with E-state index in [1.54, 1.807) is 16.8 Å². The minimum Gasteiger partial charge on any atom is -0.396 e. The average Bonchev–Trinajstić information content (AvgIpc) is 2.94. The third kappa shape index (κ3) is 1.92. The Morgan fingerprint density at radius 3 is 2.79 bits per heavy atom. The van der Waals surface area contributed by atoms with Gasteiger partial charge >= 0.3 is 0 Å². The first-order chi connectivity index (χ1) is 9.13. The standard InChI is InChI=1S/C12H14ClN3O3/c13-11-7-1-2-16(12(7)15-5-14-11)8-3-6(4-17)9(18)10(8)19/h1-2,5-6,8-10,17-19H,3-4H2/t6-,8-,9-,10?/m1/s1. The van der Waals surface area contributed by atoms with Crippen molar-refractivity contribution in [2.45, 2.75) is 24.7 Å². The first-order valence-electron chi connectivity index (χ1n) is 6.07. The Labute approximate surface area is 114 Å². The van der Waals surface area contributed by atoms with E-state index in [1.165, 1.54) is 6.33 Å². The lowest BCUT2D eigenvalue weighted by Crippen LogP contribution is -2.30. The van der Waals surface area contributed by atoms with Crippen LogP contribution in [0.15, 0.2) is 18.6 Å². The zero-order valence-corrected chi connectivity index (χ0v) is 10.8. The molecule has 0 amide bonds. The predicted octanol–water partition coefficient (Wildman–Crippen LogP) is 0.360. The molecule has 19 heavy (non-hydrogen) atoms. The number of halogens is 1. The van der Waals surface area contributed by atoms with E-state index in [4.69, 9.17) is 11.6 Å². The van der Waals surface area contributed by atoms with Crippen LogP contribution in [0.3, 0.4) is 0 Å². The van der Waals surface area contributed by atoms with Crippen molar-refractivity contribution in [3.8, 4) is 0 Å². The van der Waals surface area contributed by atoms with Crippen molar-refractivity contribution in [2.24, 2.45) is 5.92 Å². The largest absolute Gasteiger partial charge is 0.396 e. The van der Waals surface area contributed by atoms with Crippen LogP contribution >= 0.6 is 11.6 Å². The summed E-state index contributed by atoms with van der Waals surface area (Å²) in [6.45, 7) is -0.149. The molecule has 2 aromatic heterocycles. The van der Waals surface area contributed by atoms with Gasteiger partial charge < -0.3 is 19.9 Å². The van der Waals surface area contributed by atoms with Crippen molar-refractivity contribution in [3.63, 3.8) is 0 Å². The first-order valence-corrected chi connectivity index (χ1v) is 6.45. The molecule has 0 bridgehead atoms. The van der Waals surface area contributed by atoms with Gasteiger partial charge in [-0.15, -0.1) is 0 Å². The number of rotatable bonds is 2. The van der Waals surface area contributed by atoms with E-state index in [-0.39, 0.29) is 18.6 Å². The highest BCUT2D eigenvalue weighted by atomic mass is 35.5. The highest BCUT2D eigenvalue weighted by molar-refractivity contribution is 6.33. The molecule has 7 heteroatoms. The zero-order chi connectivity index (χ0) is 13.6. The summed E-state index contributed by atoms with van der Waals surface area (Å²) < 4.78 is 1.78. The molecule has 0 aliphatic heterocycles. The number of nitrogens with zero attached hydrogens (tertiary/aromatic N) is 3. The molecule has 0 aromatic carbocycles. The van der Waals surface area contributed by atoms with E-state index in [0.29, 0.717) is 22.6 Å². The molecule has 0 saturated heterocycles. The quantitative estimate of drug-likeness (QED) is 0.692. The Kier molecular flexibility index (Phi) is 3.18. The molecule has 0 spiro atoms. The summed E-state index contributed by atoms with van der Waals surface area (Å²) in [6.07, 6.45) is 1.77. The molecule has 1 fully saturated rings. The second-order valence-corrected chi connectivity index (χ2v) is 5.21. The van der Waals surface area contributed by atoms with Gasteiger partial charge in [-0.05, 0) is 12.5 Å². The number of hydrogen-bond acceptors (Lipinski definition) is 5. The molecule has 1 aliphatic rings. The van der Waals surface area contributed by atoms with Crippen LogP contribution < -0.4 is 0 Å². The maximum absolute atomic E-state index is 10.1. The Hall–Kier alpha value is -1.21. The molecule has 2 heterocycles. The minimum atomic E-state index is -0.929. The third-order valence-corrected chi connectivity index (χ3v) is 4.12. The lowest BCUT2D eigenvalue weighted by atomic mass is 10.1. The van der Waals surface area contributed by atoms with Crippen molar-refractivity contribution in [3.05, 3.63) is 23.7 Å². The summed E-state index contributed by atoms with van der Waals surface area (Å²) in [5.41, 5.74) is 0.620. The monoisotopic (exact) mass is 283 g/mol. The average molecular weight is 284 g/mol. The predicted molar refractivity (Wildman–Crippen MR) is 68.8 cm³/mol. The van der Waals surface area contributed by atoms with Crippen LogP contribution in [0.2, 0.25) is 5.15 Å². The number of aromatic nitrogens is 3. The van der Waals surface area contributed by atoms with E-state index in [2.05, 4.69) is 9.97 Å². The molecular formula is C12H14ClN3O3. The van der Waals surface area contributed by atoms with Crippen LogP contribution in [0.5, 0.6) is 0 Å². The van der Waals surface area contributed by atoms with Crippen LogP contribution in [-0.2, 0) is 0 Å². The Morgan fingerprint density at radius 2 is 2.11 bits per heavy atom. The summed E-state index contributed by atoms with van der Waals surface area (Å²) in [6, 6.07) is 1.46. The second-order valence-electron chi connectivity index (χ2n) is 4.85. The van der Waals surface area contributed by atoms with E-state index >= 15 is 0 Å². The van der Waals surface area contributed by atoms with Crippen LogP contribution in [0, 0.1) is 5.92 Å². The van der Waals surface area contributed by atoms with Crippen LogP contribution in [0.1, 0.15) is 12.5 Å². The smallest absolute Gasteiger partial charge is 0.145 e. The van der Waals surface area contributed by atoms with Crippen LogP contribution in [-0.4, -0.2) is 48.7 Å². The molecule has 0 radical (unpaired) electrons. The highest BCUT2D eigenvalue weighted by Gasteiger charge is 2.42. The van der Waals surface area contributed by atoms with Crippen molar-refractivity contribution >= 4 is 22.6 Å². The molecule has 102 valence electrons. The molecule has 2 aromatic rings. The minimum absolute atomic E-state index is 0.149. The fourth-order valence-electron chi connectivity index (χ4n) is 2.76. The van der Waals surface area contributed by atoms with Gasteiger partial charge in [0.05, 0.1) is 17.5 Å². The second kappa shape index (κ2) is 4.72. The van der Waals surface area contributed by atoms with Gasteiger partial charge in [0.15, 0.2) is 0 Å². The fourth-order valence-corrected chi connectivity index (χ4v) is 2.95. The zero-order valence-electron chi connectivity index (χ0n) is 10.0. The van der Waals surface area contributed by atoms with E-state index < -0.39 is 12.2 Å². The first kappa shape index (κ1) is 12.8. The summed E-state index contributed by atoms with van der Waals surface area (Å²) in [4.78, 5) is 8.07. The topological polar surface area (TPSA) is 91.4 Å². The number of hydrogen-bond donors (Lipinski definition) is 3. The van der Waals surface area contributed by atoms with E-state index in [1.807, 2.05) is 0 Å². The van der Waals surface area contributed by atoms with Gasteiger partial charge in [0.25, 0.3) is 0 Å². The Balaban J connectivity index is 2.04. The van der Waals surface area contributed by atoms with Gasteiger partial charge in [-0.2, -0.15) is 0 Å². The van der Waals surface area contributed by atoms with Gasteiger partial charge in [-0.25, -0.2) is 9.97 Å². The van der Waals surface area contributed by atoms with Gasteiger partial charge in [0, 0.05) is 18.7 Å². The van der Waals surface area contributed by atoms with Gasteiger partial charge in [0.2, 0.25) is 0 Å². The highest BCUT2D eigenvalue weighted by Crippen LogP contribution is 2.37. The molecule has 6 nitrogen and oxygen atoms in total. The van der Waals surface area contributed by atoms with Crippen molar-refractivity contribution in [1.29, 1.82) is 0 Å². The molecule has 1 saturated carbocycles. The lowest BCUT2D eigenvalue weighted by molar-refractivity contribution is -0.00365. The van der Waals surface area contributed by atoms with Crippen molar-refractivity contribution in [1.82, 2.24) is 14.5 Å². The summed E-state index contributed by atoms with van der Waals surface area (Å²) in [5, 5.41) is 30.2. The van der Waals surface area contributed by atoms with Crippen LogP contribution in [0.4, 0.5) is 0 Å². The SMILES string of the molecule is OC[C@H]1C[C@@H](n2ccc3c(Cl)ncnc32)C(O)[C@@H]1O. The van der Waals surface area contributed by atoms with Gasteiger partial charge in [-0.3, -0.25) is 0 Å². The Morgan fingerprint density at radius 1 is 1.32 bits per heavy atom. The normalized spacial score (nSPS) is 31.2. The van der Waals surface area contributed by atoms with Gasteiger partial charge in [-0.1, -0.05) is 11.6 Å². The molecule has 4 atom stereocenters. The maximum Gasteiger partial charge on any atom is 0.145 e. The van der Waals surface area contributed by atoms with Crippen molar-refractivity contribution in [2.75, 3.05) is 6.61 Å². The summed E-state index contributed by atoms with van der Waals surface area (Å²) in [5.74, 6) is -0.324. The third-order valence-electron chi connectivity index (χ3n) is 3.82. The molecule has 3 rings (SSSR count). The van der Waals surface area contributed by atoms with Gasteiger partial charge in [0.1, 0.15) is 23.2 Å². The van der Waals surface area contributed by atoms with Crippen molar-refractivity contribution < 1.29 is 15.3 Å². The molecule has 1 aliphatic carbocycles. The number of aliphatic hydroxyl groups is 3. The van der Waals surface area contributed by atoms with Crippen LogP contribution in [0.25, 0.3) is 11.0 Å². The molecule has 1 unspecified atom stereocenters. The maximum atomic E-state index is 10.1. The van der Waals surface area contributed by atoms with E-state index in [9.17, 15) is 15.3 Å². The molecular weight excluding hydrogens is 270 g/mol. The fraction of sp³-hybridized carbons (Fsp3) is 0.500. The van der Waals surface area contributed by atoms with E-state index in [0.717, 1.165) is 0 Å².